The summed E-state index contributed by atoms with van der Waals surface area (Å²) in [5, 5.41) is 6.47. The lowest BCUT2D eigenvalue weighted by atomic mass is 10.3. The molecule has 2 heterocycles. The van der Waals surface area contributed by atoms with Crippen LogP contribution in [0.4, 0.5) is 11.6 Å². The fourth-order valence-corrected chi connectivity index (χ4v) is 1.68. The number of hydrogen-bond donors (Lipinski definition) is 4. The first kappa shape index (κ1) is 13.4. The van der Waals surface area contributed by atoms with Crippen LogP contribution in [0.15, 0.2) is 24.5 Å². The van der Waals surface area contributed by atoms with E-state index in [4.69, 9.17) is 5.73 Å². The van der Waals surface area contributed by atoms with Crippen LogP contribution in [-0.4, -0.2) is 27.5 Å². The Bertz CT molecular complexity index is 506. The fraction of sp³-hybridized carbons (Fsp3) is 0.385. The van der Waals surface area contributed by atoms with Crippen molar-refractivity contribution in [2.24, 2.45) is 5.73 Å². The largest absolute Gasteiger partial charge is 0.368 e. The van der Waals surface area contributed by atoms with Gasteiger partial charge in [0.2, 0.25) is 0 Å². The van der Waals surface area contributed by atoms with E-state index in [0.717, 1.165) is 24.0 Å². The molecule has 5 N–H and O–H groups in total. The molecule has 2 aromatic rings. The standard InChI is InChI=1S/C13H20N6/c1-9(14)6-16-12-5-13(19-10(2)18-12)17-8-11-3-4-15-7-11/h3-5,7,9,15H,6,8,14H2,1-2H3,(H2,16,17,18,19). The number of nitrogens with one attached hydrogen (secondary N) is 3. The molecule has 19 heavy (non-hydrogen) atoms. The van der Waals surface area contributed by atoms with Gasteiger partial charge in [-0.1, -0.05) is 0 Å². The Labute approximate surface area is 112 Å². The topological polar surface area (TPSA) is 91.7 Å². The summed E-state index contributed by atoms with van der Waals surface area (Å²) in [5.41, 5.74) is 6.90. The van der Waals surface area contributed by atoms with Crippen molar-refractivity contribution >= 4 is 11.6 Å². The lowest BCUT2D eigenvalue weighted by Crippen LogP contribution is -2.25. The van der Waals surface area contributed by atoms with Crippen molar-refractivity contribution < 1.29 is 0 Å². The lowest BCUT2D eigenvalue weighted by Gasteiger charge is -2.11. The zero-order valence-corrected chi connectivity index (χ0v) is 11.3. The van der Waals surface area contributed by atoms with Crippen LogP contribution in [0, 0.1) is 6.92 Å². The smallest absolute Gasteiger partial charge is 0.132 e. The third-order valence-electron chi connectivity index (χ3n) is 2.58. The van der Waals surface area contributed by atoms with E-state index in [1.807, 2.05) is 38.4 Å². The van der Waals surface area contributed by atoms with Gasteiger partial charge >= 0.3 is 0 Å². The summed E-state index contributed by atoms with van der Waals surface area (Å²) < 4.78 is 0. The van der Waals surface area contributed by atoms with Gasteiger partial charge in [0, 0.05) is 37.6 Å². The number of hydrogen-bond acceptors (Lipinski definition) is 5. The van der Waals surface area contributed by atoms with E-state index in [-0.39, 0.29) is 6.04 Å². The van der Waals surface area contributed by atoms with Gasteiger partial charge in [-0.2, -0.15) is 0 Å². The molecule has 0 aliphatic heterocycles. The third-order valence-corrected chi connectivity index (χ3v) is 2.58. The van der Waals surface area contributed by atoms with Crippen LogP contribution < -0.4 is 16.4 Å². The molecule has 0 saturated heterocycles. The van der Waals surface area contributed by atoms with E-state index in [1.54, 1.807) is 0 Å². The van der Waals surface area contributed by atoms with E-state index < -0.39 is 0 Å². The Hall–Kier alpha value is -2.08. The average molecular weight is 260 g/mol. The van der Waals surface area contributed by atoms with Gasteiger partial charge in [-0.15, -0.1) is 0 Å². The molecule has 2 rings (SSSR count). The molecule has 0 aromatic carbocycles. The van der Waals surface area contributed by atoms with Gasteiger partial charge in [-0.3, -0.25) is 0 Å². The number of rotatable bonds is 6. The number of nitrogens with two attached hydrogens (primary N) is 1. The maximum absolute atomic E-state index is 5.71. The Kier molecular flexibility index (Phi) is 4.35. The van der Waals surface area contributed by atoms with Crippen LogP contribution in [0.2, 0.25) is 0 Å². The first-order chi connectivity index (χ1) is 9.13. The summed E-state index contributed by atoms with van der Waals surface area (Å²) in [5.74, 6) is 2.33. The van der Waals surface area contributed by atoms with Crippen LogP contribution in [0.5, 0.6) is 0 Å². The molecule has 1 unspecified atom stereocenters. The first-order valence-corrected chi connectivity index (χ1v) is 6.34. The van der Waals surface area contributed by atoms with Crippen molar-refractivity contribution in [3.8, 4) is 0 Å². The third kappa shape index (κ3) is 4.26. The van der Waals surface area contributed by atoms with E-state index in [0.29, 0.717) is 6.54 Å². The first-order valence-electron chi connectivity index (χ1n) is 6.34. The molecule has 6 nitrogen and oxygen atoms in total. The maximum atomic E-state index is 5.71. The van der Waals surface area contributed by atoms with Gasteiger partial charge in [-0.05, 0) is 25.5 Å². The minimum absolute atomic E-state index is 0.0894. The molecular formula is C13H20N6. The Balaban J connectivity index is 1.99. The van der Waals surface area contributed by atoms with Crippen molar-refractivity contribution in [1.82, 2.24) is 15.0 Å². The van der Waals surface area contributed by atoms with Crippen LogP contribution in [0.3, 0.4) is 0 Å². The Morgan fingerprint density at radius 3 is 2.68 bits per heavy atom. The van der Waals surface area contributed by atoms with Gasteiger partial charge in [0.25, 0.3) is 0 Å². The number of aromatic amines is 1. The van der Waals surface area contributed by atoms with Crippen molar-refractivity contribution in [2.45, 2.75) is 26.4 Å². The van der Waals surface area contributed by atoms with Crippen molar-refractivity contribution in [3.63, 3.8) is 0 Å². The molecule has 0 spiro atoms. The average Bonchev–Trinajstić information content (AvgIpc) is 2.86. The molecule has 0 aliphatic rings. The number of aromatic nitrogens is 3. The molecule has 0 aliphatic carbocycles. The number of aryl methyl sites for hydroxylation is 1. The molecule has 0 radical (unpaired) electrons. The SMILES string of the molecule is Cc1nc(NCc2cc[nH]c2)cc(NCC(C)N)n1. The lowest BCUT2D eigenvalue weighted by molar-refractivity contribution is 0.776. The van der Waals surface area contributed by atoms with Gasteiger partial charge in [0.1, 0.15) is 17.5 Å². The van der Waals surface area contributed by atoms with Crippen LogP contribution in [0.1, 0.15) is 18.3 Å². The highest BCUT2D eigenvalue weighted by molar-refractivity contribution is 5.47. The van der Waals surface area contributed by atoms with Crippen LogP contribution >= 0.6 is 0 Å². The van der Waals surface area contributed by atoms with Gasteiger partial charge in [-0.25, -0.2) is 9.97 Å². The summed E-state index contributed by atoms with van der Waals surface area (Å²) in [7, 11) is 0. The Morgan fingerprint density at radius 2 is 2.05 bits per heavy atom. The van der Waals surface area contributed by atoms with Gasteiger partial charge in [0.15, 0.2) is 0 Å². The molecule has 0 amide bonds. The minimum atomic E-state index is 0.0894. The van der Waals surface area contributed by atoms with Crippen molar-refractivity contribution in [3.05, 3.63) is 35.9 Å². The van der Waals surface area contributed by atoms with E-state index in [9.17, 15) is 0 Å². The van der Waals surface area contributed by atoms with Crippen LogP contribution in [0.25, 0.3) is 0 Å². The predicted molar refractivity (Wildman–Crippen MR) is 77.0 cm³/mol. The van der Waals surface area contributed by atoms with Crippen molar-refractivity contribution in [2.75, 3.05) is 17.2 Å². The highest BCUT2D eigenvalue weighted by Gasteiger charge is 2.03. The highest BCUT2D eigenvalue weighted by atomic mass is 15.1. The number of nitrogens with zero attached hydrogens (tertiary/aromatic N) is 2. The van der Waals surface area contributed by atoms with E-state index in [1.165, 1.54) is 5.56 Å². The predicted octanol–water partition coefficient (Wildman–Crippen LogP) is 1.48. The fourth-order valence-electron chi connectivity index (χ4n) is 1.68. The monoisotopic (exact) mass is 260 g/mol. The summed E-state index contributed by atoms with van der Waals surface area (Å²) >= 11 is 0. The second-order valence-corrected chi connectivity index (χ2v) is 4.62. The molecular weight excluding hydrogens is 240 g/mol. The quantitative estimate of drug-likeness (QED) is 0.631. The summed E-state index contributed by atoms with van der Waals surface area (Å²) in [6, 6.07) is 4.00. The molecule has 102 valence electrons. The molecule has 6 heteroatoms. The summed E-state index contributed by atoms with van der Waals surface area (Å²) in [6.45, 7) is 5.24. The Morgan fingerprint density at radius 1 is 1.32 bits per heavy atom. The zero-order chi connectivity index (χ0) is 13.7. The second-order valence-electron chi connectivity index (χ2n) is 4.62. The van der Waals surface area contributed by atoms with E-state index in [2.05, 4.69) is 25.6 Å². The zero-order valence-electron chi connectivity index (χ0n) is 11.3. The van der Waals surface area contributed by atoms with Gasteiger partial charge in [0.05, 0.1) is 0 Å². The molecule has 0 bridgehead atoms. The molecule has 1 atom stereocenters. The molecule has 2 aromatic heterocycles. The normalized spacial score (nSPS) is 12.2. The van der Waals surface area contributed by atoms with Crippen molar-refractivity contribution in [1.29, 1.82) is 0 Å². The highest BCUT2D eigenvalue weighted by Crippen LogP contribution is 2.12. The van der Waals surface area contributed by atoms with Crippen LogP contribution in [-0.2, 0) is 6.54 Å². The minimum Gasteiger partial charge on any atom is -0.368 e. The summed E-state index contributed by atoms with van der Waals surface area (Å²) in [4.78, 5) is 11.7. The molecule has 0 saturated carbocycles. The maximum Gasteiger partial charge on any atom is 0.132 e. The molecule has 0 fully saturated rings. The number of H-pyrrole nitrogens is 1. The van der Waals surface area contributed by atoms with Gasteiger partial charge < -0.3 is 21.4 Å². The summed E-state index contributed by atoms with van der Waals surface area (Å²) in [6.07, 6.45) is 3.86. The van der Waals surface area contributed by atoms with E-state index >= 15 is 0 Å². The second kappa shape index (κ2) is 6.19. The number of anilines is 2.